The number of aromatic hydroxyl groups is 1. The average Bonchev–Trinajstić information content (AvgIpc) is 2.58. The fourth-order valence-electron chi connectivity index (χ4n) is 2.90. The summed E-state index contributed by atoms with van der Waals surface area (Å²) >= 11 is 0. The van der Waals surface area contributed by atoms with E-state index in [0.717, 1.165) is 25.6 Å². The molecule has 0 saturated carbocycles. The van der Waals surface area contributed by atoms with E-state index < -0.39 is 0 Å². The van der Waals surface area contributed by atoms with Crippen LogP contribution in [0.15, 0.2) is 29.3 Å². The lowest BCUT2D eigenvalue weighted by Crippen LogP contribution is -2.46. The zero-order chi connectivity index (χ0) is 17.4. The molecule has 0 radical (unpaired) electrons. The molecule has 0 spiro atoms. The molecule has 1 amide bonds. The number of guanidine groups is 1. The molecule has 0 aromatic heterocycles. The maximum Gasteiger partial charge on any atom is 0.255 e. The molecule has 1 aliphatic heterocycles. The Bertz CT molecular complexity index is 574. The molecule has 6 nitrogen and oxygen atoms in total. The summed E-state index contributed by atoms with van der Waals surface area (Å²) in [4.78, 5) is 18.9. The lowest BCUT2D eigenvalue weighted by atomic mass is 10.0. The van der Waals surface area contributed by atoms with Gasteiger partial charge in [0.25, 0.3) is 5.91 Å². The Hall–Kier alpha value is -2.24. The van der Waals surface area contributed by atoms with Crippen molar-refractivity contribution in [1.29, 1.82) is 0 Å². The third-order valence-corrected chi connectivity index (χ3v) is 4.10. The molecule has 0 aliphatic carbocycles. The number of nitrogens with zero attached hydrogens (tertiary/aromatic N) is 2. The summed E-state index contributed by atoms with van der Waals surface area (Å²) in [7, 11) is 0. The summed E-state index contributed by atoms with van der Waals surface area (Å²) < 4.78 is 0. The first kappa shape index (κ1) is 18.1. The minimum atomic E-state index is -0.278. The molecule has 3 N–H and O–H groups in total. The number of carbonyl (C=O) groups is 1. The van der Waals surface area contributed by atoms with Crippen molar-refractivity contribution in [2.24, 2.45) is 10.9 Å². The Morgan fingerprint density at radius 3 is 2.88 bits per heavy atom. The molecule has 6 heteroatoms. The smallest absolute Gasteiger partial charge is 0.255 e. The summed E-state index contributed by atoms with van der Waals surface area (Å²) in [5.74, 6) is 1.32. The van der Waals surface area contributed by atoms with Crippen molar-refractivity contribution in [1.82, 2.24) is 15.5 Å². The lowest BCUT2D eigenvalue weighted by molar-refractivity contribution is 0.0952. The number of amides is 1. The van der Waals surface area contributed by atoms with Crippen LogP contribution in [-0.2, 0) is 0 Å². The number of rotatable bonds is 5. The molecule has 0 bridgehead atoms. The first-order chi connectivity index (χ1) is 11.6. The van der Waals surface area contributed by atoms with Crippen molar-refractivity contribution < 1.29 is 9.90 Å². The van der Waals surface area contributed by atoms with E-state index in [1.54, 1.807) is 18.2 Å². The first-order valence-corrected chi connectivity index (χ1v) is 8.71. The third kappa shape index (κ3) is 5.15. The van der Waals surface area contributed by atoms with Crippen LogP contribution in [0.4, 0.5) is 0 Å². The minimum Gasteiger partial charge on any atom is -0.507 e. The number of phenols is 1. The Kier molecular flexibility index (Phi) is 6.90. The van der Waals surface area contributed by atoms with Gasteiger partial charge in [0.05, 0.1) is 12.1 Å². The number of nitrogens with one attached hydrogen (secondary N) is 2. The second-order valence-electron chi connectivity index (χ2n) is 6.20. The lowest BCUT2D eigenvalue weighted by Gasteiger charge is -2.33. The number of likely N-dealkylation sites (tertiary alicyclic amines) is 1. The van der Waals surface area contributed by atoms with Gasteiger partial charge < -0.3 is 20.6 Å². The highest BCUT2D eigenvalue weighted by Gasteiger charge is 2.19. The summed E-state index contributed by atoms with van der Waals surface area (Å²) in [5, 5.41) is 15.8. The normalized spacial score (nSPS) is 18.3. The van der Waals surface area contributed by atoms with Gasteiger partial charge in [-0.25, -0.2) is 0 Å². The number of hydrogen-bond acceptors (Lipinski definition) is 3. The Balaban J connectivity index is 1.86. The number of piperidine rings is 1. The van der Waals surface area contributed by atoms with Gasteiger partial charge >= 0.3 is 0 Å². The molecule has 1 unspecified atom stereocenters. The van der Waals surface area contributed by atoms with Gasteiger partial charge in [-0.1, -0.05) is 19.1 Å². The monoisotopic (exact) mass is 332 g/mol. The summed E-state index contributed by atoms with van der Waals surface area (Å²) in [5.41, 5.74) is 0.290. The molecule has 132 valence electrons. The van der Waals surface area contributed by atoms with Crippen molar-refractivity contribution >= 4 is 11.9 Å². The number of aliphatic imine (C=N–C) groups is 1. The number of para-hydroxylation sites is 1. The molecule has 1 heterocycles. The van der Waals surface area contributed by atoms with E-state index in [-0.39, 0.29) is 11.7 Å². The number of hydrogen-bond donors (Lipinski definition) is 3. The maximum atomic E-state index is 12.0. The summed E-state index contributed by atoms with van der Waals surface area (Å²) in [6.07, 6.45) is 2.46. The van der Waals surface area contributed by atoms with Crippen LogP contribution >= 0.6 is 0 Å². The van der Waals surface area contributed by atoms with Gasteiger partial charge in [-0.05, 0) is 37.8 Å². The zero-order valence-corrected chi connectivity index (χ0v) is 14.6. The molecule has 1 atom stereocenters. The minimum absolute atomic E-state index is 0.00542. The Morgan fingerprint density at radius 1 is 1.38 bits per heavy atom. The van der Waals surface area contributed by atoms with Crippen molar-refractivity contribution in [3.8, 4) is 5.75 Å². The predicted molar refractivity (Wildman–Crippen MR) is 96.4 cm³/mol. The second kappa shape index (κ2) is 9.15. The highest BCUT2D eigenvalue weighted by Crippen LogP contribution is 2.16. The molecule has 1 aromatic carbocycles. The van der Waals surface area contributed by atoms with Crippen LogP contribution in [0, 0.1) is 5.92 Å². The van der Waals surface area contributed by atoms with E-state index in [1.165, 1.54) is 18.9 Å². The SMILES string of the molecule is CCNC(=NCCNC(=O)c1ccccc1O)N1CCCC(C)C1. The van der Waals surface area contributed by atoms with Crippen LogP contribution in [0.5, 0.6) is 5.75 Å². The van der Waals surface area contributed by atoms with E-state index in [4.69, 9.17) is 0 Å². The largest absolute Gasteiger partial charge is 0.507 e. The number of benzene rings is 1. The Morgan fingerprint density at radius 2 is 2.17 bits per heavy atom. The summed E-state index contributed by atoms with van der Waals surface area (Å²) in [6, 6.07) is 6.54. The van der Waals surface area contributed by atoms with Gasteiger partial charge in [0.1, 0.15) is 5.75 Å². The second-order valence-corrected chi connectivity index (χ2v) is 6.20. The quantitative estimate of drug-likeness (QED) is 0.437. The van der Waals surface area contributed by atoms with Crippen molar-refractivity contribution in [3.05, 3.63) is 29.8 Å². The molecule has 24 heavy (non-hydrogen) atoms. The third-order valence-electron chi connectivity index (χ3n) is 4.10. The van der Waals surface area contributed by atoms with E-state index >= 15 is 0 Å². The van der Waals surface area contributed by atoms with Crippen LogP contribution in [0.3, 0.4) is 0 Å². The van der Waals surface area contributed by atoms with Gasteiger partial charge in [0.2, 0.25) is 0 Å². The van der Waals surface area contributed by atoms with E-state index in [2.05, 4.69) is 34.4 Å². The highest BCUT2D eigenvalue weighted by molar-refractivity contribution is 5.96. The first-order valence-electron chi connectivity index (χ1n) is 8.71. The Labute approximate surface area is 144 Å². The van der Waals surface area contributed by atoms with Crippen LogP contribution in [-0.4, -0.2) is 54.6 Å². The topological polar surface area (TPSA) is 77.0 Å². The fraction of sp³-hybridized carbons (Fsp3) is 0.556. The predicted octanol–water partition coefficient (Wildman–Crippen LogP) is 1.82. The highest BCUT2D eigenvalue weighted by atomic mass is 16.3. The zero-order valence-electron chi connectivity index (χ0n) is 14.6. The average molecular weight is 332 g/mol. The van der Waals surface area contributed by atoms with Crippen LogP contribution in [0.2, 0.25) is 0 Å². The van der Waals surface area contributed by atoms with Gasteiger partial charge in [-0.2, -0.15) is 0 Å². The molecule has 1 saturated heterocycles. The number of carbonyl (C=O) groups excluding carboxylic acids is 1. The van der Waals surface area contributed by atoms with Crippen molar-refractivity contribution in [3.63, 3.8) is 0 Å². The van der Waals surface area contributed by atoms with Gasteiger partial charge in [-0.15, -0.1) is 0 Å². The molecular formula is C18H28N4O2. The van der Waals surface area contributed by atoms with Crippen molar-refractivity contribution in [2.75, 3.05) is 32.7 Å². The van der Waals surface area contributed by atoms with Crippen molar-refractivity contribution in [2.45, 2.75) is 26.7 Å². The van der Waals surface area contributed by atoms with Gasteiger partial charge in [-0.3, -0.25) is 9.79 Å². The maximum absolute atomic E-state index is 12.0. The molecular weight excluding hydrogens is 304 g/mol. The molecule has 1 aliphatic rings. The van der Waals surface area contributed by atoms with Gasteiger partial charge in [0.15, 0.2) is 5.96 Å². The standard InChI is InChI=1S/C18H28N4O2/c1-3-19-18(22-12-6-7-14(2)13-22)21-11-10-20-17(24)15-8-4-5-9-16(15)23/h4-5,8-9,14,23H,3,6-7,10-13H2,1-2H3,(H,19,21)(H,20,24). The van der Waals surface area contributed by atoms with E-state index in [9.17, 15) is 9.90 Å². The molecule has 1 fully saturated rings. The molecule has 1 aromatic rings. The van der Waals surface area contributed by atoms with Crippen LogP contribution in [0.1, 0.15) is 37.0 Å². The van der Waals surface area contributed by atoms with Crippen LogP contribution in [0.25, 0.3) is 0 Å². The fourth-order valence-corrected chi connectivity index (χ4v) is 2.90. The van der Waals surface area contributed by atoms with E-state index in [1.807, 2.05) is 0 Å². The van der Waals surface area contributed by atoms with E-state index in [0.29, 0.717) is 24.6 Å². The van der Waals surface area contributed by atoms with Crippen LogP contribution < -0.4 is 10.6 Å². The number of phenolic OH excluding ortho intramolecular Hbond substituents is 1. The molecule has 2 rings (SSSR count). The summed E-state index contributed by atoms with van der Waals surface area (Å²) in [6.45, 7) is 8.15. The van der Waals surface area contributed by atoms with Gasteiger partial charge in [0, 0.05) is 26.2 Å².